The third-order valence-electron chi connectivity index (χ3n) is 4.26. The van der Waals surface area contributed by atoms with Crippen LogP contribution in [-0.4, -0.2) is 12.6 Å². The number of carbonyl (C=O) groups excluding carboxylic acids is 1. The molecule has 0 aromatic heterocycles. The maximum Gasteiger partial charge on any atom is 0.319 e. The summed E-state index contributed by atoms with van der Waals surface area (Å²) in [5, 5.41) is 5.76. The Labute approximate surface area is 171 Å². The van der Waals surface area contributed by atoms with E-state index in [2.05, 4.69) is 22.5 Å². The largest absolute Gasteiger partial charge is 0.377 e. The van der Waals surface area contributed by atoms with Gasteiger partial charge >= 0.3 is 6.03 Å². The summed E-state index contributed by atoms with van der Waals surface area (Å²) in [6.45, 7) is 3.60. The molecule has 0 saturated heterocycles. The minimum absolute atomic E-state index is 0.260. The number of ether oxygens (including phenoxy) is 1. The van der Waals surface area contributed by atoms with Crippen LogP contribution in [0.5, 0.6) is 0 Å². The molecular formula is C25H24N2O2. The van der Waals surface area contributed by atoms with Gasteiger partial charge in [0.2, 0.25) is 0 Å². The number of carbonyl (C=O) groups is 1. The second-order valence-electron chi connectivity index (χ2n) is 6.41. The molecule has 146 valence electrons. The molecule has 29 heavy (non-hydrogen) atoms. The second kappa shape index (κ2) is 10.7. The maximum atomic E-state index is 12.3. The Kier molecular flexibility index (Phi) is 7.45. The molecule has 0 radical (unpaired) electrons. The minimum Gasteiger partial charge on any atom is -0.377 e. The minimum atomic E-state index is -0.260. The molecule has 0 spiro atoms. The van der Waals surface area contributed by atoms with Gasteiger partial charge in [-0.25, -0.2) is 4.79 Å². The zero-order valence-electron chi connectivity index (χ0n) is 16.4. The van der Waals surface area contributed by atoms with Crippen molar-refractivity contribution in [1.82, 2.24) is 5.32 Å². The SMILES string of the molecule is CCOCc1ccccc1CNC(=O)Nc1cccc(C#Cc2ccccc2)c1. The number of hydrogen-bond donors (Lipinski definition) is 2. The second-order valence-corrected chi connectivity index (χ2v) is 6.41. The Bertz CT molecular complexity index is 1000. The highest BCUT2D eigenvalue weighted by Gasteiger charge is 2.05. The van der Waals surface area contributed by atoms with E-state index >= 15 is 0 Å². The molecule has 0 aliphatic rings. The molecule has 3 rings (SSSR count). The molecule has 2 N–H and O–H groups in total. The number of anilines is 1. The molecule has 0 atom stereocenters. The topological polar surface area (TPSA) is 50.4 Å². The normalized spacial score (nSPS) is 9.97. The van der Waals surface area contributed by atoms with Crippen molar-refractivity contribution in [3.63, 3.8) is 0 Å². The third-order valence-corrected chi connectivity index (χ3v) is 4.26. The lowest BCUT2D eigenvalue weighted by Gasteiger charge is -2.11. The van der Waals surface area contributed by atoms with Gasteiger partial charge in [-0.3, -0.25) is 0 Å². The molecule has 4 heteroatoms. The van der Waals surface area contributed by atoms with Gasteiger partial charge in [0.15, 0.2) is 0 Å². The average Bonchev–Trinajstić information content (AvgIpc) is 2.76. The summed E-state index contributed by atoms with van der Waals surface area (Å²) in [5.41, 5.74) is 4.61. The Hall–Kier alpha value is -3.55. The van der Waals surface area contributed by atoms with Crippen LogP contribution in [0.25, 0.3) is 0 Å². The predicted octanol–water partition coefficient (Wildman–Crippen LogP) is 4.94. The van der Waals surface area contributed by atoms with E-state index in [1.165, 1.54) is 0 Å². The van der Waals surface area contributed by atoms with Crippen LogP contribution in [0.1, 0.15) is 29.2 Å². The molecule has 0 heterocycles. The van der Waals surface area contributed by atoms with Crippen molar-refractivity contribution in [3.8, 4) is 11.8 Å². The molecule has 0 bridgehead atoms. The number of rotatable bonds is 6. The predicted molar refractivity (Wildman–Crippen MR) is 116 cm³/mol. The van der Waals surface area contributed by atoms with E-state index in [0.717, 1.165) is 22.3 Å². The van der Waals surface area contributed by atoms with E-state index in [9.17, 15) is 4.79 Å². The first-order valence-electron chi connectivity index (χ1n) is 9.61. The fourth-order valence-electron chi connectivity index (χ4n) is 2.77. The van der Waals surface area contributed by atoms with E-state index in [-0.39, 0.29) is 6.03 Å². The molecule has 3 aromatic rings. The standard InChI is InChI=1S/C25H24N2O2/c1-2-29-19-23-13-7-6-12-22(23)18-26-25(28)27-24-14-8-11-21(17-24)16-15-20-9-4-3-5-10-20/h3-14,17H,2,18-19H2,1H3,(H2,26,27,28). The summed E-state index contributed by atoms with van der Waals surface area (Å²) < 4.78 is 5.49. The van der Waals surface area contributed by atoms with Gasteiger partial charge in [0.05, 0.1) is 6.61 Å². The lowest BCUT2D eigenvalue weighted by molar-refractivity contribution is 0.133. The zero-order valence-corrected chi connectivity index (χ0v) is 16.4. The van der Waals surface area contributed by atoms with Crippen LogP contribution in [0.15, 0.2) is 78.9 Å². The van der Waals surface area contributed by atoms with Crippen LogP contribution < -0.4 is 10.6 Å². The number of nitrogens with one attached hydrogen (secondary N) is 2. The van der Waals surface area contributed by atoms with Gasteiger partial charge in [-0.2, -0.15) is 0 Å². The van der Waals surface area contributed by atoms with Gasteiger partial charge in [0.25, 0.3) is 0 Å². The Morgan fingerprint density at radius 3 is 2.34 bits per heavy atom. The van der Waals surface area contributed by atoms with Gasteiger partial charge in [0.1, 0.15) is 0 Å². The Balaban J connectivity index is 1.58. The van der Waals surface area contributed by atoms with Crippen molar-refractivity contribution in [3.05, 3.63) is 101 Å². The average molecular weight is 384 g/mol. The summed E-state index contributed by atoms with van der Waals surface area (Å²) in [6.07, 6.45) is 0. The molecule has 2 amide bonds. The van der Waals surface area contributed by atoms with Crippen LogP contribution in [-0.2, 0) is 17.9 Å². The molecule has 0 unspecified atom stereocenters. The molecule has 0 aliphatic heterocycles. The van der Waals surface area contributed by atoms with Crippen LogP contribution in [0.3, 0.4) is 0 Å². The lowest BCUT2D eigenvalue weighted by Crippen LogP contribution is -2.28. The first-order chi connectivity index (χ1) is 14.2. The van der Waals surface area contributed by atoms with Crippen molar-refractivity contribution in [2.45, 2.75) is 20.1 Å². The Morgan fingerprint density at radius 2 is 1.55 bits per heavy atom. The highest BCUT2D eigenvalue weighted by atomic mass is 16.5. The molecule has 0 aliphatic carbocycles. The summed E-state index contributed by atoms with van der Waals surface area (Å²) in [6, 6.07) is 25.0. The van der Waals surface area contributed by atoms with Crippen molar-refractivity contribution in [1.29, 1.82) is 0 Å². The van der Waals surface area contributed by atoms with Crippen molar-refractivity contribution in [2.75, 3.05) is 11.9 Å². The first-order valence-corrected chi connectivity index (χ1v) is 9.61. The summed E-state index contributed by atoms with van der Waals surface area (Å²) in [5.74, 6) is 6.24. The zero-order chi connectivity index (χ0) is 20.3. The molecule has 4 nitrogen and oxygen atoms in total. The van der Waals surface area contributed by atoms with Crippen molar-refractivity contribution >= 4 is 11.7 Å². The Morgan fingerprint density at radius 1 is 0.862 bits per heavy atom. The summed E-state index contributed by atoms with van der Waals surface area (Å²) in [4.78, 5) is 12.3. The van der Waals surface area contributed by atoms with Crippen LogP contribution in [0, 0.1) is 11.8 Å². The number of urea groups is 1. The highest BCUT2D eigenvalue weighted by molar-refractivity contribution is 5.89. The van der Waals surface area contributed by atoms with Gasteiger partial charge in [-0.1, -0.05) is 60.4 Å². The van der Waals surface area contributed by atoms with E-state index in [0.29, 0.717) is 25.4 Å². The van der Waals surface area contributed by atoms with E-state index in [1.54, 1.807) is 0 Å². The molecule has 0 fully saturated rings. The van der Waals surface area contributed by atoms with Gasteiger partial charge in [0, 0.05) is 30.0 Å². The van der Waals surface area contributed by atoms with Crippen LogP contribution in [0.2, 0.25) is 0 Å². The summed E-state index contributed by atoms with van der Waals surface area (Å²) >= 11 is 0. The molecule has 3 aromatic carbocycles. The fourth-order valence-corrected chi connectivity index (χ4v) is 2.77. The third kappa shape index (κ3) is 6.53. The molecular weight excluding hydrogens is 360 g/mol. The van der Waals surface area contributed by atoms with E-state index in [1.807, 2.05) is 85.8 Å². The highest BCUT2D eigenvalue weighted by Crippen LogP contribution is 2.12. The van der Waals surface area contributed by atoms with E-state index in [4.69, 9.17) is 4.74 Å². The van der Waals surface area contributed by atoms with Crippen molar-refractivity contribution in [2.24, 2.45) is 0 Å². The molecule has 0 saturated carbocycles. The fraction of sp³-hybridized carbons (Fsp3) is 0.160. The lowest BCUT2D eigenvalue weighted by atomic mass is 10.1. The van der Waals surface area contributed by atoms with E-state index < -0.39 is 0 Å². The number of amides is 2. The van der Waals surface area contributed by atoms with Crippen molar-refractivity contribution < 1.29 is 9.53 Å². The number of benzene rings is 3. The first kappa shape index (κ1) is 20.2. The van der Waals surface area contributed by atoms with Gasteiger partial charge < -0.3 is 15.4 Å². The number of hydrogen-bond acceptors (Lipinski definition) is 2. The van der Waals surface area contributed by atoms with Gasteiger partial charge in [-0.15, -0.1) is 0 Å². The van der Waals surface area contributed by atoms with Crippen LogP contribution >= 0.6 is 0 Å². The monoisotopic (exact) mass is 384 g/mol. The summed E-state index contributed by atoms with van der Waals surface area (Å²) in [7, 11) is 0. The smallest absolute Gasteiger partial charge is 0.319 e. The van der Waals surface area contributed by atoms with Gasteiger partial charge in [-0.05, 0) is 48.4 Å². The quantitative estimate of drug-likeness (QED) is 0.591. The van der Waals surface area contributed by atoms with Crippen LogP contribution in [0.4, 0.5) is 10.5 Å². The maximum absolute atomic E-state index is 12.3.